The van der Waals surface area contributed by atoms with E-state index in [-0.39, 0.29) is 30.6 Å². The van der Waals surface area contributed by atoms with Crippen LogP contribution in [0, 0.1) is 11.6 Å². The number of carbonyl (C=O) groups is 2. The van der Waals surface area contributed by atoms with Crippen molar-refractivity contribution in [2.75, 3.05) is 13.7 Å². The van der Waals surface area contributed by atoms with Crippen LogP contribution in [0.5, 0.6) is 5.75 Å². The summed E-state index contributed by atoms with van der Waals surface area (Å²) < 4.78 is 32.3. The van der Waals surface area contributed by atoms with Crippen LogP contribution >= 0.6 is 0 Å². The third-order valence-electron chi connectivity index (χ3n) is 6.44. The van der Waals surface area contributed by atoms with E-state index in [0.29, 0.717) is 5.75 Å². The van der Waals surface area contributed by atoms with E-state index in [1.165, 1.54) is 18.1 Å². The van der Waals surface area contributed by atoms with Crippen molar-refractivity contribution in [3.63, 3.8) is 0 Å². The molecule has 0 heterocycles. The summed E-state index contributed by atoms with van der Waals surface area (Å²) in [6.07, 6.45) is -2.69. The summed E-state index contributed by atoms with van der Waals surface area (Å²) in [5.41, 5.74) is 8.49. The Morgan fingerprint density at radius 3 is 2.28 bits per heavy atom. The monoisotopic (exact) mass is 540 g/mol. The fourth-order valence-corrected chi connectivity index (χ4v) is 4.29. The van der Waals surface area contributed by atoms with E-state index in [9.17, 15) is 28.6 Å². The van der Waals surface area contributed by atoms with Crippen LogP contribution in [0.4, 0.5) is 8.78 Å². The third kappa shape index (κ3) is 8.68. The molecule has 208 valence electrons. The number of ketones is 1. The summed E-state index contributed by atoms with van der Waals surface area (Å²) in [7, 11) is 1.47. The van der Waals surface area contributed by atoms with Crippen molar-refractivity contribution in [1.82, 2.24) is 4.90 Å². The number of Topliss-reactive ketones (excluding diaryl/α,β-unsaturated/α-hetero) is 1. The molecule has 0 saturated carbocycles. The molecule has 1 amide bonds. The first-order valence-corrected chi connectivity index (χ1v) is 12.7. The number of hydrogen-bond donors (Lipinski definition) is 3. The topological polar surface area (TPSA) is 113 Å². The van der Waals surface area contributed by atoms with Crippen molar-refractivity contribution in [3.8, 4) is 5.75 Å². The Morgan fingerprint density at radius 2 is 1.62 bits per heavy atom. The molecule has 0 spiro atoms. The second-order valence-corrected chi connectivity index (χ2v) is 9.48. The first-order valence-electron chi connectivity index (χ1n) is 12.7. The lowest BCUT2D eigenvalue weighted by atomic mass is 10.00. The van der Waals surface area contributed by atoms with E-state index in [4.69, 9.17) is 10.5 Å². The van der Waals surface area contributed by atoms with Crippen molar-refractivity contribution in [2.45, 2.75) is 51.0 Å². The number of aliphatic hydroxyl groups is 2. The second kappa shape index (κ2) is 13.9. The van der Waals surface area contributed by atoms with Gasteiger partial charge in [-0.1, -0.05) is 43.3 Å². The third-order valence-corrected chi connectivity index (χ3v) is 6.44. The van der Waals surface area contributed by atoms with E-state index >= 15 is 0 Å². The molecule has 4 N–H and O–H groups in total. The number of halogens is 2. The van der Waals surface area contributed by atoms with Crippen molar-refractivity contribution in [2.24, 2.45) is 5.73 Å². The first kappa shape index (κ1) is 29.9. The van der Waals surface area contributed by atoms with E-state index in [1.54, 1.807) is 18.2 Å². The van der Waals surface area contributed by atoms with Crippen LogP contribution in [0.25, 0.3) is 0 Å². The second-order valence-electron chi connectivity index (χ2n) is 9.48. The van der Waals surface area contributed by atoms with Crippen LogP contribution in [-0.4, -0.2) is 58.7 Å². The standard InChI is InChI=1S/C30H34F2N2O5/c1-3-19-6-4-7-20(10-19)17-34(18-29(37)26(33)13-21-11-23(31)15-24(32)12-21)30(38)28(36)16-27(35)22-8-5-9-25(14-22)39-2/h4-12,14-15,26,28-29,36-37H,3,13,16-18,33H2,1-2H3/t26-,28?,29+/m0/s1. The molecular weight excluding hydrogens is 506 g/mol. The van der Waals surface area contributed by atoms with Crippen molar-refractivity contribution in [3.05, 3.63) is 101 Å². The highest BCUT2D eigenvalue weighted by Crippen LogP contribution is 2.18. The zero-order valence-electron chi connectivity index (χ0n) is 22.0. The van der Waals surface area contributed by atoms with Crippen LogP contribution in [0.2, 0.25) is 0 Å². The Hall–Kier alpha value is -3.66. The predicted octanol–water partition coefficient (Wildman–Crippen LogP) is 3.43. The van der Waals surface area contributed by atoms with Gasteiger partial charge in [0, 0.05) is 37.2 Å². The number of methoxy groups -OCH3 is 1. The van der Waals surface area contributed by atoms with Crippen molar-refractivity contribution >= 4 is 11.7 Å². The predicted molar refractivity (Wildman–Crippen MR) is 143 cm³/mol. The van der Waals surface area contributed by atoms with Gasteiger partial charge < -0.3 is 25.6 Å². The van der Waals surface area contributed by atoms with Crippen LogP contribution in [0.3, 0.4) is 0 Å². The van der Waals surface area contributed by atoms with E-state index < -0.39 is 48.0 Å². The number of amides is 1. The highest BCUT2D eigenvalue weighted by molar-refractivity contribution is 5.99. The minimum absolute atomic E-state index is 0.0416. The lowest BCUT2D eigenvalue weighted by molar-refractivity contribution is -0.142. The normalized spacial score (nSPS) is 13.4. The quantitative estimate of drug-likeness (QED) is 0.287. The highest BCUT2D eigenvalue weighted by Gasteiger charge is 2.29. The van der Waals surface area contributed by atoms with Gasteiger partial charge in [0.2, 0.25) is 0 Å². The zero-order chi connectivity index (χ0) is 28.5. The van der Waals surface area contributed by atoms with Gasteiger partial charge in [-0.25, -0.2) is 8.78 Å². The smallest absolute Gasteiger partial charge is 0.252 e. The summed E-state index contributed by atoms with van der Waals surface area (Å²) in [6.45, 7) is 1.78. The minimum Gasteiger partial charge on any atom is -0.497 e. The number of hydrogen-bond acceptors (Lipinski definition) is 6. The van der Waals surface area contributed by atoms with Gasteiger partial charge in [-0.15, -0.1) is 0 Å². The lowest BCUT2D eigenvalue weighted by Crippen LogP contribution is -2.49. The van der Waals surface area contributed by atoms with Crippen molar-refractivity contribution < 1.29 is 33.3 Å². The van der Waals surface area contributed by atoms with E-state index in [0.717, 1.165) is 35.7 Å². The summed E-state index contributed by atoms with van der Waals surface area (Å²) in [4.78, 5) is 27.4. The molecule has 0 fully saturated rings. The molecule has 39 heavy (non-hydrogen) atoms. The van der Waals surface area contributed by atoms with Crippen LogP contribution in [-0.2, 0) is 24.2 Å². The molecule has 7 nitrogen and oxygen atoms in total. The number of benzene rings is 3. The molecule has 0 aromatic heterocycles. The molecule has 0 bridgehead atoms. The molecule has 3 rings (SSSR count). The van der Waals surface area contributed by atoms with Gasteiger partial charge in [0.05, 0.1) is 13.2 Å². The first-order chi connectivity index (χ1) is 18.6. The minimum atomic E-state index is -1.67. The van der Waals surface area contributed by atoms with Crippen LogP contribution in [0.15, 0.2) is 66.7 Å². The maximum atomic E-state index is 13.6. The number of nitrogens with two attached hydrogens (primary N) is 1. The van der Waals surface area contributed by atoms with Gasteiger partial charge in [0.1, 0.15) is 23.5 Å². The van der Waals surface area contributed by atoms with E-state index in [2.05, 4.69) is 0 Å². The molecule has 9 heteroatoms. The maximum absolute atomic E-state index is 13.6. The molecule has 0 saturated heterocycles. The van der Waals surface area contributed by atoms with Gasteiger partial charge in [-0.3, -0.25) is 9.59 Å². The van der Waals surface area contributed by atoms with Gasteiger partial charge in [0.25, 0.3) is 5.91 Å². The Morgan fingerprint density at radius 1 is 0.949 bits per heavy atom. The molecule has 3 aromatic rings. The number of aryl methyl sites for hydroxylation is 1. The average molecular weight is 541 g/mol. The molecule has 0 aliphatic rings. The molecule has 1 unspecified atom stereocenters. The average Bonchev–Trinajstić information content (AvgIpc) is 2.91. The summed E-state index contributed by atoms with van der Waals surface area (Å²) >= 11 is 0. The van der Waals surface area contributed by atoms with Gasteiger partial charge >= 0.3 is 0 Å². The summed E-state index contributed by atoms with van der Waals surface area (Å²) in [5, 5.41) is 21.6. The molecular formula is C30H34F2N2O5. The fourth-order valence-electron chi connectivity index (χ4n) is 4.29. The molecule has 0 aliphatic heterocycles. The van der Waals surface area contributed by atoms with Gasteiger partial charge in [-0.2, -0.15) is 0 Å². The van der Waals surface area contributed by atoms with Crippen LogP contribution < -0.4 is 10.5 Å². The molecule has 0 radical (unpaired) electrons. The van der Waals surface area contributed by atoms with Gasteiger partial charge in [-0.05, 0) is 53.8 Å². The SMILES string of the molecule is CCc1cccc(CN(C[C@@H](O)[C@@H](N)Cc2cc(F)cc(F)c2)C(=O)C(O)CC(=O)c2cccc(OC)c2)c1. The summed E-state index contributed by atoms with van der Waals surface area (Å²) in [6, 6.07) is 15.9. The number of rotatable bonds is 13. The Bertz CT molecular complexity index is 1270. The molecule has 3 atom stereocenters. The number of carbonyl (C=O) groups excluding carboxylic acids is 2. The van der Waals surface area contributed by atoms with Crippen LogP contribution in [0.1, 0.15) is 40.4 Å². The number of nitrogens with zero attached hydrogens (tertiary/aromatic N) is 1. The van der Waals surface area contributed by atoms with E-state index in [1.807, 2.05) is 31.2 Å². The largest absolute Gasteiger partial charge is 0.497 e. The number of ether oxygens (including phenoxy) is 1. The Balaban J connectivity index is 1.77. The number of aliphatic hydroxyl groups excluding tert-OH is 2. The molecule has 0 aliphatic carbocycles. The zero-order valence-corrected chi connectivity index (χ0v) is 22.0. The Kier molecular flexibility index (Phi) is 10.7. The van der Waals surface area contributed by atoms with Crippen molar-refractivity contribution in [1.29, 1.82) is 0 Å². The van der Waals surface area contributed by atoms with Gasteiger partial charge in [0.15, 0.2) is 5.78 Å². The maximum Gasteiger partial charge on any atom is 0.252 e. The fraction of sp³-hybridized carbons (Fsp3) is 0.333. The Labute approximate surface area is 226 Å². The highest BCUT2D eigenvalue weighted by atomic mass is 19.1. The molecule has 3 aromatic carbocycles. The lowest BCUT2D eigenvalue weighted by Gasteiger charge is -2.30. The summed E-state index contributed by atoms with van der Waals surface area (Å²) in [5.74, 6) is -2.26.